The Bertz CT molecular complexity index is 1760. The van der Waals surface area contributed by atoms with Gasteiger partial charge in [-0.1, -0.05) is 23.5 Å². The van der Waals surface area contributed by atoms with Crippen LogP contribution in [0.15, 0.2) is 80.1 Å². The van der Waals surface area contributed by atoms with Crippen molar-refractivity contribution in [3.05, 3.63) is 100 Å². The maximum Gasteiger partial charge on any atom is 0.338 e. The number of fused-ring (bicyclic) bond motifs is 1. The molecular weight excluding hydrogens is 631 g/mol. The van der Waals surface area contributed by atoms with Crippen LogP contribution in [0.25, 0.3) is 17.4 Å². The molecule has 5 rings (SSSR count). The normalized spacial score (nSPS) is 15.1. The van der Waals surface area contributed by atoms with Crippen molar-refractivity contribution in [1.29, 1.82) is 0 Å². The summed E-state index contributed by atoms with van der Waals surface area (Å²) in [6, 6.07) is 16.1. The van der Waals surface area contributed by atoms with Crippen LogP contribution in [0, 0.1) is 3.57 Å². The monoisotopic (exact) mass is 656 g/mol. The summed E-state index contributed by atoms with van der Waals surface area (Å²) in [5.41, 5.74) is 1.95. The highest BCUT2D eigenvalue weighted by molar-refractivity contribution is 14.1. The fraction of sp³-hybridized carbons (Fsp3) is 0.207. The second kappa shape index (κ2) is 11.2. The molecule has 8 nitrogen and oxygen atoms in total. The number of thiazole rings is 1. The minimum absolute atomic E-state index is 0.184. The molecule has 0 fully saturated rings. The van der Waals surface area contributed by atoms with E-state index < -0.39 is 12.0 Å². The fourth-order valence-electron chi connectivity index (χ4n) is 4.47. The zero-order valence-electron chi connectivity index (χ0n) is 21.7. The molecule has 39 heavy (non-hydrogen) atoms. The molecule has 0 saturated carbocycles. The van der Waals surface area contributed by atoms with Crippen molar-refractivity contribution in [2.45, 2.75) is 19.9 Å². The Morgan fingerprint density at radius 3 is 2.59 bits per heavy atom. The second-order valence-corrected chi connectivity index (χ2v) is 10.9. The second-order valence-electron chi connectivity index (χ2n) is 8.62. The van der Waals surface area contributed by atoms with Crippen molar-refractivity contribution in [2.24, 2.45) is 4.99 Å². The Labute approximate surface area is 242 Å². The molecule has 0 N–H and O–H groups in total. The Morgan fingerprint density at radius 1 is 1.13 bits per heavy atom. The molecule has 1 aliphatic heterocycles. The molecule has 0 radical (unpaired) electrons. The number of methoxy groups -OCH3 is 2. The molecule has 200 valence electrons. The van der Waals surface area contributed by atoms with Crippen molar-refractivity contribution in [3.63, 3.8) is 0 Å². The van der Waals surface area contributed by atoms with Gasteiger partial charge in [-0.2, -0.15) is 0 Å². The largest absolute Gasteiger partial charge is 0.497 e. The van der Waals surface area contributed by atoms with E-state index in [9.17, 15) is 9.59 Å². The van der Waals surface area contributed by atoms with Gasteiger partial charge in [-0.3, -0.25) is 9.36 Å². The molecule has 1 aliphatic rings. The maximum absolute atomic E-state index is 13.9. The summed E-state index contributed by atoms with van der Waals surface area (Å²) >= 11 is 3.48. The highest BCUT2D eigenvalue weighted by Crippen LogP contribution is 2.37. The van der Waals surface area contributed by atoms with Gasteiger partial charge in [-0.05, 0) is 78.9 Å². The van der Waals surface area contributed by atoms with Gasteiger partial charge in [0, 0.05) is 20.8 Å². The first-order valence-electron chi connectivity index (χ1n) is 12.1. The van der Waals surface area contributed by atoms with E-state index in [-0.39, 0.29) is 17.7 Å². The third-order valence-corrected chi connectivity index (χ3v) is 7.98. The summed E-state index contributed by atoms with van der Waals surface area (Å²) in [6.07, 6.45) is 1.70. The van der Waals surface area contributed by atoms with E-state index in [1.807, 2.05) is 36.4 Å². The third-order valence-electron chi connectivity index (χ3n) is 6.28. The van der Waals surface area contributed by atoms with E-state index in [4.69, 9.17) is 18.6 Å². The van der Waals surface area contributed by atoms with Crippen LogP contribution in [-0.4, -0.2) is 31.4 Å². The lowest BCUT2D eigenvalue weighted by Crippen LogP contribution is -2.40. The predicted molar refractivity (Wildman–Crippen MR) is 157 cm³/mol. The molecule has 0 aliphatic carbocycles. The van der Waals surface area contributed by atoms with Crippen molar-refractivity contribution in [2.75, 3.05) is 20.8 Å². The van der Waals surface area contributed by atoms with Gasteiger partial charge in [0.15, 0.2) is 4.80 Å². The van der Waals surface area contributed by atoms with E-state index in [0.29, 0.717) is 43.6 Å². The van der Waals surface area contributed by atoms with Crippen LogP contribution in [-0.2, 0) is 9.53 Å². The molecule has 2 aromatic heterocycles. The number of furan rings is 1. The van der Waals surface area contributed by atoms with Crippen molar-refractivity contribution in [3.8, 4) is 22.8 Å². The topological polar surface area (TPSA) is 92.3 Å². The zero-order valence-corrected chi connectivity index (χ0v) is 24.7. The van der Waals surface area contributed by atoms with Crippen molar-refractivity contribution < 1.29 is 23.4 Å². The highest BCUT2D eigenvalue weighted by atomic mass is 127. The molecule has 0 amide bonds. The molecule has 0 saturated heterocycles. The van der Waals surface area contributed by atoms with Crippen molar-refractivity contribution >= 4 is 46.0 Å². The lowest BCUT2D eigenvalue weighted by Gasteiger charge is -2.26. The summed E-state index contributed by atoms with van der Waals surface area (Å²) in [5, 5.41) is 0. The van der Waals surface area contributed by atoms with Gasteiger partial charge in [-0.15, -0.1) is 0 Å². The van der Waals surface area contributed by atoms with Gasteiger partial charge in [0.1, 0.15) is 29.1 Å². The molecule has 0 bridgehead atoms. The first kappa shape index (κ1) is 26.9. The van der Waals surface area contributed by atoms with Crippen LogP contribution in [0.1, 0.15) is 31.2 Å². The first-order chi connectivity index (χ1) is 18.8. The number of ether oxygens (including phenoxy) is 3. The van der Waals surface area contributed by atoms with Gasteiger partial charge >= 0.3 is 5.97 Å². The van der Waals surface area contributed by atoms with E-state index >= 15 is 0 Å². The highest BCUT2D eigenvalue weighted by Gasteiger charge is 2.35. The summed E-state index contributed by atoms with van der Waals surface area (Å²) in [4.78, 5) is 32.2. The van der Waals surface area contributed by atoms with Crippen LogP contribution in [0.4, 0.5) is 0 Å². The molecule has 0 spiro atoms. The van der Waals surface area contributed by atoms with Crippen LogP contribution >= 0.6 is 33.9 Å². The minimum Gasteiger partial charge on any atom is -0.497 e. The standard InChI is InChI=1S/C29H25IN2O6S/c1-5-37-28(34)25-16(2)31-29-32(26(25)21-14-19(35-3)10-13-23(21)36-4)27(33)24(39-29)15-20-11-12-22(38-20)17-6-8-18(30)9-7-17/h6-15,26H,5H2,1-4H3/b24-15-/t26-/m0/s1. The number of benzene rings is 2. The number of halogens is 1. The van der Waals surface area contributed by atoms with Crippen LogP contribution in [0.5, 0.6) is 11.5 Å². The summed E-state index contributed by atoms with van der Waals surface area (Å²) < 4.78 is 25.6. The average Bonchev–Trinajstić information content (AvgIpc) is 3.52. The van der Waals surface area contributed by atoms with E-state index in [1.54, 1.807) is 45.2 Å². The number of aromatic nitrogens is 1. The van der Waals surface area contributed by atoms with E-state index in [1.165, 1.54) is 23.0 Å². The summed E-state index contributed by atoms with van der Waals surface area (Å²) in [7, 11) is 3.09. The predicted octanol–water partition coefficient (Wildman–Crippen LogP) is 4.68. The quantitative estimate of drug-likeness (QED) is 0.212. The number of allylic oxidation sites excluding steroid dienone is 1. The molecule has 0 unspecified atom stereocenters. The maximum atomic E-state index is 13.9. The summed E-state index contributed by atoms with van der Waals surface area (Å²) in [5.74, 6) is 1.75. The van der Waals surface area contributed by atoms with E-state index in [0.717, 1.165) is 9.13 Å². The van der Waals surface area contributed by atoms with Crippen molar-refractivity contribution in [1.82, 2.24) is 4.57 Å². The number of nitrogens with zero attached hydrogens (tertiary/aromatic N) is 2. The average molecular weight is 656 g/mol. The van der Waals surface area contributed by atoms with Gasteiger partial charge in [-0.25, -0.2) is 9.79 Å². The molecule has 2 aromatic carbocycles. The lowest BCUT2D eigenvalue weighted by atomic mass is 9.95. The van der Waals surface area contributed by atoms with Crippen LogP contribution in [0.2, 0.25) is 0 Å². The molecule has 4 aromatic rings. The smallest absolute Gasteiger partial charge is 0.338 e. The molecular formula is C29H25IN2O6S. The number of hydrogen-bond acceptors (Lipinski definition) is 8. The Hall–Kier alpha value is -3.64. The molecule has 10 heteroatoms. The molecule has 1 atom stereocenters. The lowest BCUT2D eigenvalue weighted by molar-refractivity contribution is -0.139. The summed E-state index contributed by atoms with van der Waals surface area (Å²) in [6.45, 7) is 3.66. The fourth-order valence-corrected chi connectivity index (χ4v) is 5.85. The van der Waals surface area contributed by atoms with Gasteiger partial charge in [0.2, 0.25) is 0 Å². The van der Waals surface area contributed by atoms with Gasteiger partial charge in [0.05, 0.1) is 36.6 Å². The van der Waals surface area contributed by atoms with Crippen LogP contribution in [0.3, 0.4) is 0 Å². The van der Waals surface area contributed by atoms with E-state index in [2.05, 4.69) is 27.6 Å². The first-order valence-corrected chi connectivity index (χ1v) is 14.0. The van der Waals surface area contributed by atoms with Crippen LogP contribution < -0.4 is 24.4 Å². The number of carbonyl (C=O) groups excluding carboxylic acids is 1. The Kier molecular flexibility index (Phi) is 7.76. The number of carbonyl (C=O) groups is 1. The Balaban J connectivity index is 1.68. The SMILES string of the molecule is CCOC(=O)C1=C(C)N=c2s/c(=C\c3ccc(-c4ccc(I)cc4)o3)c(=O)n2[C@H]1c1cc(OC)ccc1OC. The third kappa shape index (κ3) is 5.18. The zero-order chi connectivity index (χ0) is 27.7. The van der Waals surface area contributed by atoms with Gasteiger partial charge < -0.3 is 18.6 Å². The number of hydrogen-bond donors (Lipinski definition) is 0. The number of esters is 1. The molecule has 3 heterocycles. The Morgan fingerprint density at radius 2 is 1.90 bits per heavy atom. The number of rotatable bonds is 7. The minimum atomic E-state index is -0.827. The van der Waals surface area contributed by atoms with Gasteiger partial charge in [0.25, 0.3) is 5.56 Å².